The number of carbonyl (C=O) groups is 3. The molecule has 3 aromatic rings. The van der Waals surface area contributed by atoms with Crippen LogP contribution in [0.1, 0.15) is 28.4 Å². The van der Waals surface area contributed by atoms with Gasteiger partial charge in [0.1, 0.15) is 0 Å². The molecule has 0 fully saturated rings. The quantitative estimate of drug-likeness (QED) is 0.276. The molecule has 1 unspecified atom stereocenters. The molecule has 3 aromatic carbocycles. The molecule has 0 spiro atoms. The monoisotopic (exact) mass is 458 g/mol. The predicted octanol–water partition coefficient (Wildman–Crippen LogP) is 0.986. The van der Waals surface area contributed by atoms with Crippen molar-refractivity contribution < 1.29 is 19.5 Å². The number of carbonyl (C=O) groups excluding carboxylic acids is 3. The van der Waals surface area contributed by atoms with Crippen molar-refractivity contribution in [2.45, 2.75) is 12.5 Å². The van der Waals surface area contributed by atoms with Gasteiger partial charge in [-0.15, -0.1) is 0 Å². The van der Waals surface area contributed by atoms with E-state index in [4.69, 9.17) is 11.5 Å². The third-order valence-corrected chi connectivity index (χ3v) is 4.90. The molecule has 0 heterocycles. The Hall–Kier alpha value is -4.66. The fourth-order valence-corrected chi connectivity index (χ4v) is 3.33. The summed E-state index contributed by atoms with van der Waals surface area (Å²) < 4.78 is 0. The fraction of sp³-hybridized carbons (Fsp3) is 0.120. The molecule has 0 saturated heterocycles. The second-order valence-corrected chi connectivity index (χ2v) is 7.45. The molecule has 0 aliphatic heterocycles. The molecular formula is C25H24N5O4-. The highest BCUT2D eigenvalue weighted by molar-refractivity contribution is 5.97. The number of aliphatic imine (C=N–C) groups is 1. The molecule has 0 aromatic heterocycles. The molecule has 0 aliphatic carbocycles. The molecule has 3 rings (SSSR count). The van der Waals surface area contributed by atoms with Crippen LogP contribution in [0.3, 0.4) is 0 Å². The Morgan fingerprint density at radius 3 is 2.21 bits per heavy atom. The number of nitrogens with two attached hydrogens (primary N) is 2. The number of rotatable bonds is 9. The first-order valence-corrected chi connectivity index (χ1v) is 10.4. The first-order valence-electron chi connectivity index (χ1n) is 10.4. The van der Waals surface area contributed by atoms with Crippen LogP contribution in [0, 0.1) is 0 Å². The van der Waals surface area contributed by atoms with Crippen LogP contribution in [0.15, 0.2) is 83.9 Å². The molecular weight excluding hydrogens is 434 g/mol. The van der Waals surface area contributed by atoms with Crippen molar-refractivity contribution in [1.82, 2.24) is 10.6 Å². The van der Waals surface area contributed by atoms with Gasteiger partial charge in [0.2, 0.25) is 5.91 Å². The van der Waals surface area contributed by atoms with Gasteiger partial charge in [-0.25, -0.2) is 4.99 Å². The van der Waals surface area contributed by atoms with Crippen LogP contribution in [0.2, 0.25) is 0 Å². The Kier molecular flexibility index (Phi) is 7.96. The van der Waals surface area contributed by atoms with Crippen molar-refractivity contribution in [3.05, 3.63) is 90.0 Å². The zero-order chi connectivity index (χ0) is 24.5. The minimum Gasteiger partial charge on any atom is -0.550 e. The molecule has 6 N–H and O–H groups in total. The predicted molar refractivity (Wildman–Crippen MR) is 127 cm³/mol. The highest BCUT2D eigenvalue weighted by Gasteiger charge is 2.16. The van der Waals surface area contributed by atoms with Crippen LogP contribution in [-0.2, 0) is 9.59 Å². The lowest BCUT2D eigenvalue weighted by molar-refractivity contribution is -0.306. The third-order valence-electron chi connectivity index (χ3n) is 4.90. The second kappa shape index (κ2) is 11.3. The minimum atomic E-state index is -1.31. The molecule has 0 bridgehead atoms. The van der Waals surface area contributed by atoms with E-state index in [1.807, 2.05) is 42.5 Å². The number of amides is 2. The maximum atomic E-state index is 12.5. The van der Waals surface area contributed by atoms with Crippen molar-refractivity contribution in [2.24, 2.45) is 16.5 Å². The zero-order valence-electron chi connectivity index (χ0n) is 18.2. The molecule has 2 amide bonds. The van der Waals surface area contributed by atoms with Crippen molar-refractivity contribution in [2.75, 3.05) is 6.54 Å². The molecule has 0 radical (unpaired) electrons. The Bertz CT molecular complexity index is 1190. The molecule has 0 aliphatic rings. The van der Waals surface area contributed by atoms with Crippen LogP contribution in [0.4, 0.5) is 5.69 Å². The van der Waals surface area contributed by atoms with Crippen LogP contribution >= 0.6 is 0 Å². The van der Waals surface area contributed by atoms with E-state index in [0.29, 0.717) is 11.3 Å². The summed E-state index contributed by atoms with van der Waals surface area (Å²) in [7, 11) is 0. The van der Waals surface area contributed by atoms with E-state index in [-0.39, 0.29) is 18.1 Å². The summed E-state index contributed by atoms with van der Waals surface area (Å²) >= 11 is 0. The highest BCUT2D eigenvalue weighted by atomic mass is 16.4. The van der Waals surface area contributed by atoms with Gasteiger partial charge >= 0.3 is 0 Å². The number of hydrogen-bond acceptors (Lipinski definition) is 5. The third kappa shape index (κ3) is 6.92. The molecule has 0 saturated carbocycles. The van der Waals surface area contributed by atoms with Gasteiger partial charge in [0, 0.05) is 18.0 Å². The van der Waals surface area contributed by atoms with Crippen molar-refractivity contribution in [1.29, 1.82) is 0 Å². The number of hydrogen-bond donors (Lipinski definition) is 4. The summed E-state index contributed by atoms with van der Waals surface area (Å²) in [5.74, 6) is -2.51. The Balaban J connectivity index is 1.64. The normalized spacial score (nSPS) is 11.2. The van der Waals surface area contributed by atoms with Crippen LogP contribution in [-0.4, -0.2) is 30.3 Å². The summed E-state index contributed by atoms with van der Waals surface area (Å²) in [5, 5.41) is 16.4. The van der Waals surface area contributed by atoms with Gasteiger partial charge in [-0.2, -0.15) is 0 Å². The highest BCUT2D eigenvalue weighted by Crippen LogP contribution is 2.23. The largest absolute Gasteiger partial charge is 0.550 e. The van der Waals surface area contributed by atoms with Gasteiger partial charge in [0.25, 0.3) is 5.91 Å². The summed E-state index contributed by atoms with van der Waals surface area (Å²) in [5.41, 5.74) is 13.9. The van der Waals surface area contributed by atoms with Crippen molar-refractivity contribution in [3.63, 3.8) is 0 Å². The van der Waals surface area contributed by atoms with E-state index in [1.54, 1.807) is 30.3 Å². The minimum absolute atomic E-state index is 0.146. The molecule has 9 nitrogen and oxygen atoms in total. The lowest BCUT2D eigenvalue weighted by Crippen LogP contribution is -2.40. The van der Waals surface area contributed by atoms with Crippen molar-refractivity contribution >= 4 is 29.4 Å². The van der Waals surface area contributed by atoms with Gasteiger partial charge in [0.15, 0.2) is 5.96 Å². The number of carboxylic acids is 1. The van der Waals surface area contributed by atoms with Gasteiger partial charge in [0.05, 0.1) is 18.3 Å². The topological polar surface area (TPSA) is 163 Å². The summed E-state index contributed by atoms with van der Waals surface area (Å²) in [6, 6.07) is 22.3. The molecule has 9 heteroatoms. The second-order valence-electron chi connectivity index (χ2n) is 7.45. The van der Waals surface area contributed by atoms with Gasteiger partial charge < -0.3 is 32.0 Å². The Morgan fingerprint density at radius 1 is 0.882 bits per heavy atom. The summed E-state index contributed by atoms with van der Waals surface area (Å²) in [4.78, 5) is 40.0. The van der Waals surface area contributed by atoms with E-state index >= 15 is 0 Å². The van der Waals surface area contributed by atoms with Crippen LogP contribution < -0.4 is 27.2 Å². The average Bonchev–Trinajstić information content (AvgIpc) is 2.82. The number of benzene rings is 3. The maximum absolute atomic E-state index is 12.5. The average molecular weight is 458 g/mol. The molecule has 34 heavy (non-hydrogen) atoms. The zero-order valence-corrected chi connectivity index (χ0v) is 18.2. The van der Waals surface area contributed by atoms with E-state index in [1.165, 1.54) is 6.07 Å². The Labute approximate surface area is 196 Å². The van der Waals surface area contributed by atoms with E-state index in [2.05, 4.69) is 15.6 Å². The van der Waals surface area contributed by atoms with Crippen molar-refractivity contribution in [3.8, 4) is 11.1 Å². The standard InChI is InChI=1S/C25H25N5O4/c26-25(27)29-20-8-4-7-19(13-20)24(34)28-15-22(31)30-21(14-23(32)33)18-11-9-17(10-12-18)16-5-2-1-3-6-16/h1-13,21H,14-15H2,(H,28,34)(H,30,31)(H,32,33)(H4,26,27,29)/p-1. The first kappa shape index (κ1) is 24.0. The summed E-state index contributed by atoms with van der Waals surface area (Å²) in [6.07, 6.45) is -0.412. The van der Waals surface area contributed by atoms with Crippen LogP contribution in [0.25, 0.3) is 11.1 Å². The number of nitrogens with zero attached hydrogens (tertiary/aromatic N) is 1. The number of carboxylic acid groups (broad SMARTS) is 1. The Morgan fingerprint density at radius 2 is 1.56 bits per heavy atom. The number of nitrogens with one attached hydrogen (secondary N) is 2. The van der Waals surface area contributed by atoms with Crippen LogP contribution in [0.5, 0.6) is 0 Å². The smallest absolute Gasteiger partial charge is 0.251 e. The maximum Gasteiger partial charge on any atom is 0.251 e. The molecule has 1 atom stereocenters. The number of aliphatic carboxylic acids is 1. The summed E-state index contributed by atoms with van der Waals surface area (Å²) in [6.45, 7) is -0.350. The first-order chi connectivity index (χ1) is 16.3. The lowest BCUT2D eigenvalue weighted by atomic mass is 9.99. The van der Waals surface area contributed by atoms with Gasteiger partial charge in [-0.1, -0.05) is 60.7 Å². The van der Waals surface area contributed by atoms with E-state index in [0.717, 1.165) is 11.1 Å². The van der Waals surface area contributed by atoms with Gasteiger partial charge in [-0.3, -0.25) is 9.59 Å². The SMILES string of the molecule is NC(N)=Nc1cccc(C(=O)NCC(=O)NC(CC(=O)[O-])c2ccc(-c3ccccc3)cc2)c1. The lowest BCUT2D eigenvalue weighted by Gasteiger charge is -2.20. The number of guanidine groups is 1. The van der Waals surface area contributed by atoms with Gasteiger partial charge in [-0.05, 0) is 34.9 Å². The van der Waals surface area contributed by atoms with E-state index < -0.39 is 30.2 Å². The molecule has 174 valence electrons. The fourth-order valence-electron chi connectivity index (χ4n) is 3.33. The van der Waals surface area contributed by atoms with E-state index in [9.17, 15) is 19.5 Å².